The van der Waals surface area contributed by atoms with Crippen LogP contribution in [0, 0.1) is 0 Å². The Labute approximate surface area is 110 Å². The predicted octanol–water partition coefficient (Wildman–Crippen LogP) is 1.97. The molecule has 1 amide bonds. The number of carbonyl (C=O) groups excluding carboxylic acids is 1. The first kappa shape index (κ1) is 11.6. The average molecular weight is 252 g/mol. The number of primary amides is 1. The number of benzene rings is 1. The normalized spacial score (nSPS) is 10.8. The third-order valence-electron chi connectivity index (χ3n) is 3.05. The number of hydrogen-bond donors (Lipinski definition) is 2. The van der Waals surface area contributed by atoms with Crippen molar-refractivity contribution in [3.8, 4) is 11.1 Å². The molecule has 3 aromatic rings. The van der Waals surface area contributed by atoms with Crippen molar-refractivity contribution in [2.24, 2.45) is 0 Å². The number of quaternary nitrogens is 1. The lowest BCUT2D eigenvalue weighted by molar-refractivity contribution is -0.481. The minimum absolute atomic E-state index is 0.0599. The van der Waals surface area contributed by atoms with E-state index in [4.69, 9.17) is 0 Å². The van der Waals surface area contributed by atoms with Crippen molar-refractivity contribution in [3.05, 3.63) is 48.8 Å². The molecular weight excluding hydrogens is 238 g/mol. The summed E-state index contributed by atoms with van der Waals surface area (Å²) in [6.45, 7) is 1.56. The molecule has 0 bridgehead atoms. The molecule has 94 valence electrons. The molecule has 0 unspecified atom stereocenters. The van der Waals surface area contributed by atoms with Crippen molar-refractivity contribution >= 4 is 22.6 Å². The standard InChI is InChI=1S/C15H13N3O/c1-10(19)18-12-4-2-11(3-5-12)13-6-8-16-15-14(13)7-9-17-15/h2-9H,1H3,(H,16,17)(H,18,19)/p+1. The molecular formula is C15H14N3O+. The number of aromatic amines is 1. The van der Waals surface area contributed by atoms with E-state index in [1.165, 1.54) is 0 Å². The van der Waals surface area contributed by atoms with Gasteiger partial charge in [-0.1, -0.05) is 0 Å². The van der Waals surface area contributed by atoms with E-state index < -0.39 is 0 Å². The van der Waals surface area contributed by atoms with Crippen LogP contribution in [-0.4, -0.2) is 15.9 Å². The molecule has 0 spiro atoms. The molecule has 0 atom stereocenters. The first-order valence-electron chi connectivity index (χ1n) is 6.12. The second kappa shape index (κ2) is 4.66. The SMILES string of the molecule is CC(=O)[NH2+]c1ccc(-c2ccnc3[nH]ccc23)cc1. The molecule has 0 saturated heterocycles. The Hall–Kier alpha value is -2.46. The van der Waals surface area contributed by atoms with Crippen molar-refractivity contribution in [3.63, 3.8) is 0 Å². The maximum atomic E-state index is 11.0. The molecule has 0 fully saturated rings. The highest BCUT2D eigenvalue weighted by atomic mass is 16.1. The zero-order chi connectivity index (χ0) is 13.2. The quantitative estimate of drug-likeness (QED) is 0.685. The Kier molecular flexibility index (Phi) is 2.85. The summed E-state index contributed by atoms with van der Waals surface area (Å²) in [6.07, 6.45) is 3.68. The van der Waals surface area contributed by atoms with E-state index in [2.05, 4.69) is 9.97 Å². The van der Waals surface area contributed by atoms with Crippen LogP contribution in [-0.2, 0) is 4.79 Å². The Morgan fingerprint density at radius 2 is 1.95 bits per heavy atom. The molecule has 0 radical (unpaired) electrons. The largest absolute Gasteiger partial charge is 0.346 e. The third kappa shape index (κ3) is 2.26. The summed E-state index contributed by atoms with van der Waals surface area (Å²) >= 11 is 0. The van der Waals surface area contributed by atoms with Crippen LogP contribution in [0.25, 0.3) is 22.2 Å². The predicted molar refractivity (Wildman–Crippen MR) is 73.8 cm³/mol. The molecule has 0 aliphatic carbocycles. The van der Waals surface area contributed by atoms with Gasteiger partial charge in [0, 0.05) is 29.9 Å². The van der Waals surface area contributed by atoms with Gasteiger partial charge in [-0.3, -0.25) is 5.32 Å². The van der Waals surface area contributed by atoms with Gasteiger partial charge in [-0.05, 0) is 35.4 Å². The van der Waals surface area contributed by atoms with E-state index in [-0.39, 0.29) is 5.91 Å². The van der Waals surface area contributed by atoms with Crippen LogP contribution in [0.5, 0.6) is 0 Å². The van der Waals surface area contributed by atoms with Gasteiger partial charge in [0.05, 0.1) is 6.92 Å². The molecule has 2 aromatic heterocycles. The van der Waals surface area contributed by atoms with Crippen LogP contribution < -0.4 is 5.32 Å². The zero-order valence-electron chi connectivity index (χ0n) is 10.6. The Balaban J connectivity index is 2.02. The lowest BCUT2D eigenvalue weighted by Gasteiger charge is -2.03. The molecule has 1 aromatic carbocycles. The van der Waals surface area contributed by atoms with Gasteiger partial charge in [0.25, 0.3) is 0 Å². The second-order valence-electron chi connectivity index (χ2n) is 4.48. The summed E-state index contributed by atoms with van der Waals surface area (Å²) in [5.74, 6) is 0.0599. The van der Waals surface area contributed by atoms with Crippen LogP contribution in [0.3, 0.4) is 0 Å². The van der Waals surface area contributed by atoms with Crippen molar-refractivity contribution in [1.82, 2.24) is 9.97 Å². The summed E-state index contributed by atoms with van der Waals surface area (Å²) in [4.78, 5) is 18.4. The number of fused-ring (bicyclic) bond motifs is 1. The zero-order valence-corrected chi connectivity index (χ0v) is 10.6. The topological polar surface area (TPSA) is 62.4 Å². The highest BCUT2D eigenvalue weighted by Crippen LogP contribution is 2.27. The van der Waals surface area contributed by atoms with Gasteiger partial charge >= 0.3 is 5.91 Å². The van der Waals surface area contributed by atoms with Crippen molar-refractivity contribution in [2.75, 3.05) is 0 Å². The molecule has 4 heteroatoms. The molecule has 0 aliphatic heterocycles. The maximum Gasteiger partial charge on any atom is 0.312 e. The smallest absolute Gasteiger partial charge is 0.312 e. The number of nitrogens with two attached hydrogens (primary N) is 1. The van der Waals surface area contributed by atoms with E-state index in [1.54, 1.807) is 18.4 Å². The van der Waals surface area contributed by atoms with Crippen LogP contribution in [0.1, 0.15) is 6.92 Å². The minimum Gasteiger partial charge on any atom is -0.346 e. The molecule has 0 aliphatic rings. The van der Waals surface area contributed by atoms with Crippen molar-refractivity contribution in [2.45, 2.75) is 6.92 Å². The van der Waals surface area contributed by atoms with Crippen molar-refractivity contribution < 1.29 is 10.1 Å². The third-order valence-corrected chi connectivity index (χ3v) is 3.05. The van der Waals surface area contributed by atoms with Gasteiger partial charge in [0.15, 0.2) is 0 Å². The van der Waals surface area contributed by atoms with Gasteiger partial charge in [-0.25, -0.2) is 9.78 Å². The number of amides is 1. The number of rotatable bonds is 2. The lowest BCUT2D eigenvalue weighted by atomic mass is 10.0. The van der Waals surface area contributed by atoms with E-state index in [0.717, 1.165) is 27.8 Å². The molecule has 2 heterocycles. The molecule has 19 heavy (non-hydrogen) atoms. The summed E-state index contributed by atoms with van der Waals surface area (Å²) in [5, 5.41) is 2.73. The summed E-state index contributed by atoms with van der Waals surface area (Å²) in [7, 11) is 0. The van der Waals surface area contributed by atoms with Crippen LogP contribution in [0.2, 0.25) is 0 Å². The van der Waals surface area contributed by atoms with Gasteiger partial charge in [0.2, 0.25) is 0 Å². The van der Waals surface area contributed by atoms with E-state index in [9.17, 15) is 4.79 Å². The monoisotopic (exact) mass is 252 g/mol. The number of aromatic nitrogens is 2. The number of nitrogens with one attached hydrogen (secondary N) is 1. The Morgan fingerprint density at radius 3 is 2.68 bits per heavy atom. The van der Waals surface area contributed by atoms with Gasteiger partial charge in [-0.15, -0.1) is 0 Å². The minimum atomic E-state index is 0.0599. The van der Waals surface area contributed by atoms with Gasteiger partial charge in [-0.2, -0.15) is 0 Å². The summed E-state index contributed by atoms with van der Waals surface area (Å²) < 4.78 is 0. The first-order valence-corrected chi connectivity index (χ1v) is 6.12. The molecule has 3 rings (SSSR count). The average Bonchev–Trinajstić information content (AvgIpc) is 2.87. The summed E-state index contributed by atoms with van der Waals surface area (Å²) in [6, 6.07) is 12.0. The second-order valence-corrected chi connectivity index (χ2v) is 4.48. The van der Waals surface area contributed by atoms with E-state index >= 15 is 0 Å². The fourth-order valence-corrected chi connectivity index (χ4v) is 2.21. The number of hydrogen-bond acceptors (Lipinski definition) is 2. The van der Waals surface area contributed by atoms with Crippen LogP contribution in [0.4, 0.5) is 5.69 Å². The molecule has 0 saturated carbocycles. The maximum absolute atomic E-state index is 11.0. The summed E-state index contributed by atoms with van der Waals surface area (Å²) in [5.41, 5.74) is 4.07. The Bertz CT molecular complexity index is 728. The highest BCUT2D eigenvalue weighted by Gasteiger charge is 2.06. The molecule has 4 nitrogen and oxygen atoms in total. The van der Waals surface area contributed by atoms with E-state index in [0.29, 0.717) is 0 Å². The number of H-pyrrole nitrogens is 1. The van der Waals surface area contributed by atoms with E-state index in [1.807, 2.05) is 42.6 Å². The molecule has 3 N–H and O–H groups in total. The number of nitrogens with zero attached hydrogens (tertiary/aromatic N) is 1. The van der Waals surface area contributed by atoms with Crippen LogP contribution in [0.15, 0.2) is 48.8 Å². The van der Waals surface area contributed by atoms with Gasteiger partial charge in [0.1, 0.15) is 11.3 Å². The van der Waals surface area contributed by atoms with Crippen molar-refractivity contribution in [1.29, 1.82) is 0 Å². The number of pyridine rings is 1. The highest BCUT2D eigenvalue weighted by molar-refractivity contribution is 5.92. The van der Waals surface area contributed by atoms with Crippen LogP contribution >= 0.6 is 0 Å². The number of carbonyl (C=O) groups is 1. The Morgan fingerprint density at radius 1 is 1.16 bits per heavy atom. The lowest BCUT2D eigenvalue weighted by Crippen LogP contribution is -2.81. The van der Waals surface area contributed by atoms with Gasteiger partial charge < -0.3 is 4.98 Å². The fourth-order valence-electron chi connectivity index (χ4n) is 2.21. The first-order chi connectivity index (χ1) is 9.24. The fraction of sp³-hybridized carbons (Fsp3) is 0.0667.